The van der Waals surface area contributed by atoms with Gasteiger partial charge in [-0.05, 0) is 19.8 Å². The number of nitrogens with two attached hydrogens (primary N) is 1. The van der Waals surface area contributed by atoms with E-state index >= 15 is 0 Å². The minimum absolute atomic E-state index is 0. The number of rotatable bonds is 4. The standard InChI is InChI=1S/C6H13NO.ClH/c1-6(7)4-2-3-5-8;/h5-6H,2-4,7H2,1H3;1H. The molecular formula is C6H14ClNO. The predicted molar refractivity (Wildman–Crippen MR) is 40.8 cm³/mol. The highest BCUT2D eigenvalue weighted by Crippen LogP contribution is 1.94. The molecule has 1 unspecified atom stereocenters. The van der Waals surface area contributed by atoms with Gasteiger partial charge in [-0.1, -0.05) is 0 Å². The summed E-state index contributed by atoms with van der Waals surface area (Å²) >= 11 is 0. The van der Waals surface area contributed by atoms with Crippen LogP contribution in [0.4, 0.5) is 0 Å². The summed E-state index contributed by atoms with van der Waals surface area (Å²) in [6, 6.07) is 0.245. The van der Waals surface area contributed by atoms with Gasteiger partial charge in [-0.2, -0.15) is 0 Å². The Labute approximate surface area is 62.2 Å². The second-order valence-electron chi connectivity index (χ2n) is 2.07. The third-order valence-corrected chi connectivity index (χ3v) is 0.981. The summed E-state index contributed by atoms with van der Waals surface area (Å²) < 4.78 is 0. The van der Waals surface area contributed by atoms with Gasteiger partial charge in [0.1, 0.15) is 6.29 Å². The van der Waals surface area contributed by atoms with E-state index in [4.69, 9.17) is 5.73 Å². The highest BCUT2D eigenvalue weighted by atomic mass is 35.5. The third kappa shape index (κ3) is 11.5. The Kier molecular flexibility index (Phi) is 10.3. The van der Waals surface area contributed by atoms with Crippen LogP contribution in [0.25, 0.3) is 0 Å². The lowest BCUT2D eigenvalue weighted by Crippen LogP contribution is -2.13. The molecule has 0 spiro atoms. The summed E-state index contributed by atoms with van der Waals surface area (Å²) in [6.07, 6.45) is 3.48. The van der Waals surface area contributed by atoms with E-state index in [2.05, 4.69) is 0 Å². The van der Waals surface area contributed by atoms with Crippen LogP contribution in [0.3, 0.4) is 0 Å². The first-order chi connectivity index (χ1) is 3.77. The first-order valence-electron chi connectivity index (χ1n) is 2.96. The summed E-state index contributed by atoms with van der Waals surface area (Å²) in [5, 5.41) is 0. The van der Waals surface area contributed by atoms with E-state index in [1.807, 2.05) is 6.92 Å². The molecule has 0 radical (unpaired) electrons. The minimum Gasteiger partial charge on any atom is -0.328 e. The van der Waals surface area contributed by atoms with Crippen LogP contribution in [0.1, 0.15) is 26.2 Å². The minimum atomic E-state index is 0. The summed E-state index contributed by atoms with van der Waals surface area (Å²) in [5.74, 6) is 0. The predicted octanol–water partition coefficient (Wildman–Crippen LogP) is 1.12. The Bertz CT molecular complexity index is 66.1. The van der Waals surface area contributed by atoms with Crippen LogP contribution in [-0.2, 0) is 4.79 Å². The van der Waals surface area contributed by atoms with Crippen molar-refractivity contribution in [3.05, 3.63) is 0 Å². The Balaban J connectivity index is 0. The van der Waals surface area contributed by atoms with Gasteiger partial charge in [0, 0.05) is 12.5 Å². The maximum atomic E-state index is 9.75. The van der Waals surface area contributed by atoms with E-state index in [1.54, 1.807) is 0 Å². The molecule has 0 amide bonds. The Hall–Kier alpha value is -0.0800. The second-order valence-corrected chi connectivity index (χ2v) is 2.07. The molecule has 0 heterocycles. The largest absolute Gasteiger partial charge is 0.328 e. The van der Waals surface area contributed by atoms with Gasteiger partial charge < -0.3 is 10.5 Å². The summed E-state index contributed by atoms with van der Waals surface area (Å²) in [4.78, 5) is 9.75. The summed E-state index contributed by atoms with van der Waals surface area (Å²) in [7, 11) is 0. The SMILES string of the molecule is CC(N)CCCC=O.Cl. The zero-order valence-electron chi connectivity index (χ0n) is 5.67. The van der Waals surface area contributed by atoms with Crippen LogP contribution < -0.4 is 5.73 Å². The van der Waals surface area contributed by atoms with Crippen LogP contribution in [0.5, 0.6) is 0 Å². The monoisotopic (exact) mass is 151 g/mol. The molecule has 3 heteroatoms. The number of halogens is 1. The Morgan fingerprint density at radius 2 is 2.22 bits per heavy atom. The van der Waals surface area contributed by atoms with Gasteiger partial charge in [0.2, 0.25) is 0 Å². The average molecular weight is 152 g/mol. The van der Waals surface area contributed by atoms with Crippen LogP contribution in [0, 0.1) is 0 Å². The van der Waals surface area contributed by atoms with Crippen molar-refractivity contribution in [3.63, 3.8) is 0 Å². The number of carbonyl (C=O) groups excluding carboxylic acids is 1. The van der Waals surface area contributed by atoms with Crippen LogP contribution in [-0.4, -0.2) is 12.3 Å². The Morgan fingerprint density at radius 1 is 1.67 bits per heavy atom. The fraction of sp³-hybridized carbons (Fsp3) is 0.833. The van der Waals surface area contributed by atoms with Crippen LogP contribution in [0.15, 0.2) is 0 Å². The van der Waals surface area contributed by atoms with Crippen molar-refractivity contribution in [2.75, 3.05) is 0 Å². The van der Waals surface area contributed by atoms with Gasteiger partial charge in [0.05, 0.1) is 0 Å². The third-order valence-electron chi connectivity index (χ3n) is 0.981. The molecule has 0 saturated heterocycles. The molecule has 56 valence electrons. The first kappa shape index (κ1) is 11.7. The molecule has 0 aromatic carbocycles. The van der Waals surface area contributed by atoms with Gasteiger partial charge >= 0.3 is 0 Å². The van der Waals surface area contributed by atoms with Gasteiger partial charge in [-0.15, -0.1) is 12.4 Å². The van der Waals surface area contributed by atoms with E-state index in [0.717, 1.165) is 19.1 Å². The molecule has 0 aliphatic rings. The lowest BCUT2D eigenvalue weighted by atomic mass is 10.2. The topological polar surface area (TPSA) is 43.1 Å². The van der Waals surface area contributed by atoms with E-state index < -0.39 is 0 Å². The fourth-order valence-corrected chi connectivity index (χ4v) is 0.523. The lowest BCUT2D eigenvalue weighted by molar-refractivity contribution is -0.107. The van der Waals surface area contributed by atoms with Crippen molar-refractivity contribution >= 4 is 18.7 Å². The Morgan fingerprint density at radius 3 is 2.56 bits per heavy atom. The number of unbranched alkanes of at least 4 members (excludes halogenated alkanes) is 1. The number of hydrogen-bond donors (Lipinski definition) is 1. The van der Waals surface area contributed by atoms with Crippen molar-refractivity contribution in [2.24, 2.45) is 5.73 Å². The molecule has 0 fully saturated rings. The molecule has 0 rings (SSSR count). The van der Waals surface area contributed by atoms with Gasteiger partial charge in [-0.25, -0.2) is 0 Å². The van der Waals surface area contributed by atoms with Crippen LogP contribution in [0.2, 0.25) is 0 Å². The van der Waals surface area contributed by atoms with Gasteiger partial charge in [0.25, 0.3) is 0 Å². The molecule has 0 aromatic heterocycles. The van der Waals surface area contributed by atoms with Crippen molar-refractivity contribution in [1.82, 2.24) is 0 Å². The zero-order chi connectivity index (χ0) is 6.41. The van der Waals surface area contributed by atoms with Crippen molar-refractivity contribution < 1.29 is 4.79 Å². The molecule has 9 heavy (non-hydrogen) atoms. The van der Waals surface area contributed by atoms with Gasteiger partial charge in [-0.3, -0.25) is 0 Å². The summed E-state index contributed by atoms with van der Waals surface area (Å²) in [5.41, 5.74) is 5.42. The van der Waals surface area contributed by atoms with Crippen molar-refractivity contribution in [2.45, 2.75) is 32.2 Å². The summed E-state index contributed by atoms with van der Waals surface area (Å²) in [6.45, 7) is 1.95. The molecular weight excluding hydrogens is 138 g/mol. The van der Waals surface area contributed by atoms with Crippen LogP contribution >= 0.6 is 12.4 Å². The normalized spacial score (nSPS) is 11.8. The molecule has 2 N–H and O–H groups in total. The fourth-order valence-electron chi connectivity index (χ4n) is 0.523. The highest BCUT2D eigenvalue weighted by molar-refractivity contribution is 5.85. The second kappa shape index (κ2) is 7.92. The maximum absolute atomic E-state index is 9.75. The highest BCUT2D eigenvalue weighted by Gasteiger charge is 1.90. The number of hydrogen-bond acceptors (Lipinski definition) is 2. The molecule has 1 atom stereocenters. The van der Waals surface area contributed by atoms with Gasteiger partial charge in [0.15, 0.2) is 0 Å². The first-order valence-corrected chi connectivity index (χ1v) is 2.96. The van der Waals surface area contributed by atoms with E-state index in [1.165, 1.54) is 0 Å². The quantitative estimate of drug-likeness (QED) is 0.484. The zero-order valence-corrected chi connectivity index (χ0v) is 6.49. The van der Waals surface area contributed by atoms with Crippen molar-refractivity contribution in [3.8, 4) is 0 Å². The van der Waals surface area contributed by atoms with E-state index in [-0.39, 0.29) is 18.4 Å². The van der Waals surface area contributed by atoms with E-state index in [0.29, 0.717) is 6.42 Å². The molecule has 0 aliphatic carbocycles. The number of carbonyl (C=O) groups is 1. The molecule has 2 nitrogen and oxygen atoms in total. The van der Waals surface area contributed by atoms with E-state index in [9.17, 15) is 4.79 Å². The smallest absolute Gasteiger partial charge is 0.119 e. The lowest BCUT2D eigenvalue weighted by Gasteiger charge is -1.99. The average Bonchev–Trinajstić information content (AvgIpc) is 1.66. The molecule has 0 saturated carbocycles. The molecule has 0 aliphatic heterocycles. The molecule has 0 bridgehead atoms. The number of aldehydes is 1. The maximum Gasteiger partial charge on any atom is 0.119 e. The van der Waals surface area contributed by atoms with Crippen molar-refractivity contribution in [1.29, 1.82) is 0 Å². The molecule has 0 aromatic rings.